The smallest absolute Gasteiger partial charge is 0.176 e. The topological polar surface area (TPSA) is 35.5 Å². The van der Waals surface area contributed by atoms with Gasteiger partial charge in [-0.3, -0.25) is 4.79 Å². The summed E-state index contributed by atoms with van der Waals surface area (Å²) in [5.74, 6) is 4.88. The Hall–Kier alpha value is -0.410. The van der Waals surface area contributed by atoms with Crippen molar-refractivity contribution in [2.45, 2.75) is 12.2 Å². The van der Waals surface area contributed by atoms with Crippen LogP contribution in [0.3, 0.4) is 0 Å². The van der Waals surface area contributed by atoms with Crippen LogP contribution in [0, 0.1) is 47.3 Å². The van der Waals surface area contributed by atoms with E-state index in [1.807, 2.05) is 0 Å². The minimum Gasteiger partial charge on any atom is -0.347 e. The zero-order chi connectivity index (χ0) is 10.2. The third-order valence-electron chi connectivity index (χ3n) is 6.83. The summed E-state index contributed by atoms with van der Waals surface area (Å²) in [5, 5.41) is 0. The maximum absolute atomic E-state index is 12.3. The van der Waals surface area contributed by atoms with Crippen LogP contribution >= 0.6 is 0 Å². The fourth-order valence-electron chi connectivity index (χ4n) is 6.94. The lowest BCUT2D eigenvalue weighted by molar-refractivity contribution is -0.252. The van der Waals surface area contributed by atoms with E-state index in [1.54, 1.807) is 0 Å². The van der Waals surface area contributed by atoms with Gasteiger partial charge in [0.05, 0.1) is 13.2 Å². The van der Waals surface area contributed by atoms with E-state index < -0.39 is 0 Å². The van der Waals surface area contributed by atoms with Crippen LogP contribution in [-0.4, -0.2) is 24.8 Å². The molecule has 1 heterocycles. The van der Waals surface area contributed by atoms with E-state index >= 15 is 0 Å². The van der Waals surface area contributed by atoms with E-state index in [-0.39, 0.29) is 5.79 Å². The van der Waals surface area contributed by atoms with Crippen molar-refractivity contribution < 1.29 is 14.3 Å². The van der Waals surface area contributed by atoms with Gasteiger partial charge in [0.2, 0.25) is 0 Å². The fraction of sp³-hybridized carbons (Fsp3) is 0.923. The Morgan fingerprint density at radius 3 is 2.62 bits per heavy atom. The average molecular weight is 218 g/mol. The standard InChI is InChI=1S/C13H14O3/c14-12-8-4-3-5-7-6(4)9(12)11(7)13(10(5)8)15-1-2-16-13/h4-11H,1-3H2/t4-,5-,6+,7+,8+,9+,10+,11-/m0/s1. The lowest BCUT2D eigenvalue weighted by Gasteiger charge is -2.49. The van der Waals surface area contributed by atoms with Crippen LogP contribution in [-0.2, 0) is 14.3 Å². The molecule has 6 aliphatic rings. The molecule has 6 rings (SSSR count). The Morgan fingerprint density at radius 1 is 1.00 bits per heavy atom. The molecule has 5 aliphatic carbocycles. The normalized spacial score (nSPS) is 69.9. The average Bonchev–Trinajstić information content (AvgIpc) is 2.87. The molecule has 1 aliphatic heterocycles. The van der Waals surface area contributed by atoms with Gasteiger partial charge in [-0.1, -0.05) is 0 Å². The van der Waals surface area contributed by atoms with Crippen molar-refractivity contribution in [2.75, 3.05) is 13.2 Å². The van der Waals surface area contributed by atoms with Crippen LogP contribution in [0.15, 0.2) is 0 Å². The first-order valence-corrected chi connectivity index (χ1v) is 6.66. The zero-order valence-corrected chi connectivity index (χ0v) is 8.96. The molecule has 0 aromatic rings. The number of rotatable bonds is 0. The summed E-state index contributed by atoms with van der Waals surface area (Å²) in [7, 11) is 0. The van der Waals surface area contributed by atoms with E-state index in [1.165, 1.54) is 6.42 Å². The predicted octanol–water partition coefficient (Wildman–Crippen LogP) is 0.686. The lowest BCUT2D eigenvalue weighted by atomic mass is 9.58. The van der Waals surface area contributed by atoms with Crippen LogP contribution in [0.1, 0.15) is 6.42 Å². The van der Waals surface area contributed by atoms with E-state index in [4.69, 9.17) is 9.47 Å². The molecule has 0 amide bonds. The van der Waals surface area contributed by atoms with E-state index in [2.05, 4.69) is 0 Å². The molecule has 0 aromatic carbocycles. The molecule has 16 heavy (non-hydrogen) atoms. The van der Waals surface area contributed by atoms with Crippen molar-refractivity contribution in [1.29, 1.82) is 0 Å². The highest BCUT2D eigenvalue weighted by molar-refractivity contribution is 5.91. The van der Waals surface area contributed by atoms with Crippen LogP contribution < -0.4 is 0 Å². The SMILES string of the molecule is O=C1[C@@H]2[C@H]3C[C@H]4[C@@H]5[C@@H]3[C@@H]1[C@H]5C1(OCCO1)[C@H]42. The molecule has 84 valence electrons. The van der Waals surface area contributed by atoms with Gasteiger partial charge < -0.3 is 9.47 Å². The fourth-order valence-corrected chi connectivity index (χ4v) is 6.94. The first kappa shape index (κ1) is 7.83. The Morgan fingerprint density at radius 2 is 1.81 bits per heavy atom. The first-order chi connectivity index (χ1) is 7.84. The highest BCUT2D eigenvalue weighted by Crippen LogP contribution is 2.85. The summed E-state index contributed by atoms with van der Waals surface area (Å²) in [5.41, 5.74) is 0. The van der Waals surface area contributed by atoms with Crippen molar-refractivity contribution in [2.24, 2.45) is 47.3 Å². The molecule has 0 unspecified atom stereocenters. The Balaban J connectivity index is 1.66. The number of ketones is 1. The van der Waals surface area contributed by atoms with Gasteiger partial charge in [-0.15, -0.1) is 0 Å². The van der Waals surface area contributed by atoms with Gasteiger partial charge in [0, 0.05) is 23.7 Å². The van der Waals surface area contributed by atoms with E-state index in [9.17, 15) is 4.79 Å². The summed E-state index contributed by atoms with van der Waals surface area (Å²) in [6.07, 6.45) is 1.30. The number of ether oxygens (including phenoxy) is 2. The second-order valence-corrected chi connectivity index (χ2v) is 6.64. The molecule has 2 bridgehead atoms. The third kappa shape index (κ3) is 0.458. The second kappa shape index (κ2) is 1.91. The molecule has 3 nitrogen and oxygen atoms in total. The third-order valence-corrected chi connectivity index (χ3v) is 6.83. The molecule has 0 N–H and O–H groups in total. The van der Waals surface area contributed by atoms with Gasteiger partial charge in [0.25, 0.3) is 0 Å². The number of hydrogen-bond acceptors (Lipinski definition) is 3. The molecule has 8 atom stereocenters. The zero-order valence-electron chi connectivity index (χ0n) is 8.96. The molecule has 6 fully saturated rings. The predicted molar refractivity (Wildman–Crippen MR) is 52.2 cm³/mol. The van der Waals surface area contributed by atoms with Crippen molar-refractivity contribution in [3.05, 3.63) is 0 Å². The Bertz CT molecular complexity index is 438. The molecule has 3 heteroatoms. The summed E-state index contributed by atoms with van der Waals surface area (Å²) in [4.78, 5) is 12.3. The first-order valence-electron chi connectivity index (χ1n) is 6.66. The molecule has 5 saturated carbocycles. The second-order valence-electron chi connectivity index (χ2n) is 6.64. The van der Waals surface area contributed by atoms with Gasteiger partial charge in [-0.25, -0.2) is 0 Å². The van der Waals surface area contributed by atoms with Gasteiger partial charge in [0.1, 0.15) is 5.78 Å². The summed E-state index contributed by atoms with van der Waals surface area (Å²) in [6.45, 7) is 1.49. The van der Waals surface area contributed by atoms with Crippen LogP contribution in [0.25, 0.3) is 0 Å². The number of carbonyl (C=O) groups is 1. The molecule has 0 radical (unpaired) electrons. The highest BCUT2D eigenvalue weighted by atomic mass is 16.7. The molecule has 0 aromatic heterocycles. The van der Waals surface area contributed by atoms with E-state index in [0.717, 1.165) is 36.9 Å². The molecule has 1 saturated heterocycles. The number of hydrogen-bond donors (Lipinski definition) is 0. The van der Waals surface area contributed by atoms with Crippen molar-refractivity contribution >= 4 is 5.78 Å². The maximum Gasteiger partial charge on any atom is 0.176 e. The van der Waals surface area contributed by atoms with Gasteiger partial charge in [-0.2, -0.15) is 0 Å². The summed E-state index contributed by atoms with van der Waals surface area (Å²) < 4.78 is 12.1. The number of carbonyl (C=O) groups excluding carboxylic acids is 1. The Kier molecular flexibility index (Phi) is 0.933. The van der Waals surface area contributed by atoms with Crippen molar-refractivity contribution in [3.8, 4) is 0 Å². The van der Waals surface area contributed by atoms with Crippen molar-refractivity contribution in [3.63, 3.8) is 0 Å². The minimum atomic E-state index is -0.291. The number of fused-ring (bicyclic) bond motifs is 4. The van der Waals surface area contributed by atoms with Gasteiger partial charge in [0.15, 0.2) is 5.79 Å². The Labute approximate surface area is 93.5 Å². The molecular formula is C13H14O3. The van der Waals surface area contributed by atoms with Crippen LogP contribution in [0.5, 0.6) is 0 Å². The van der Waals surface area contributed by atoms with Crippen LogP contribution in [0.2, 0.25) is 0 Å². The lowest BCUT2D eigenvalue weighted by Crippen LogP contribution is -2.58. The van der Waals surface area contributed by atoms with E-state index in [0.29, 0.717) is 29.5 Å². The number of Topliss-reactive ketones (excluding diaryl/α,β-unsaturated/α-hetero) is 1. The summed E-state index contributed by atoms with van der Waals surface area (Å²) >= 11 is 0. The van der Waals surface area contributed by atoms with Gasteiger partial charge >= 0.3 is 0 Å². The quantitative estimate of drug-likeness (QED) is 0.600. The highest BCUT2D eigenvalue weighted by Gasteiger charge is 2.89. The largest absolute Gasteiger partial charge is 0.347 e. The molecular weight excluding hydrogens is 204 g/mol. The van der Waals surface area contributed by atoms with Crippen LogP contribution in [0.4, 0.5) is 0 Å². The minimum absolute atomic E-state index is 0.291. The van der Waals surface area contributed by atoms with Gasteiger partial charge in [-0.05, 0) is 30.1 Å². The molecule has 1 spiro atoms. The monoisotopic (exact) mass is 218 g/mol. The summed E-state index contributed by atoms with van der Waals surface area (Å²) in [6, 6.07) is 0. The van der Waals surface area contributed by atoms with Crippen molar-refractivity contribution in [1.82, 2.24) is 0 Å². The maximum atomic E-state index is 12.3.